The van der Waals surface area contributed by atoms with E-state index in [1.165, 1.54) is 24.8 Å². The standard InChI is InChI=1S/C18H24N4O2S/c1-13-17(25-21-20-13)18(23)19-12-16(22-10-4-3-5-11-22)14-6-8-15(24-2)9-7-14/h6-9,16H,3-5,10-12H2,1-2H3,(H,19,23). The largest absolute Gasteiger partial charge is 0.497 e. The van der Waals surface area contributed by atoms with Crippen molar-refractivity contribution in [3.05, 3.63) is 40.4 Å². The molecule has 0 bridgehead atoms. The lowest BCUT2D eigenvalue weighted by Crippen LogP contribution is -2.40. The Morgan fingerprint density at radius 1 is 1.28 bits per heavy atom. The zero-order valence-corrected chi connectivity index (χ0v) is 15.5. The predicted molar refractivity (Wildman–Crippen MR) is 98.1 cm³/mol. The molecule has 1 N–H and O–H groups in total. The van der Waals surface area contributed by atoms with E-state index >= 15 is 0 Å². The highest BCUT2D eigenvalue weighted by atomic mass is 32.1. The molecule has 1 aromatic carbocycles. The summed E-state index contributed by atoms with van der Waals surface area (Å²) in [6, 6.07) is 8.29. The number of nitrogens with one attached hydrogen (secondary N) is 1. The average Bonchev–Trinajstić information content (AvgIpc) is 3.09. The molecule has 1 saturated heterocycles. The normalized spacial score (nSPS) is 16.4. The van der Waals surface area contributed by atoms with Gasteiger partial charge in [0.2, 0.25) is 0 Å². The van der Waals surface area contributed by atoms with Crippen LogP contribution in [-0.4, -0.2) is 47.1 Å². The van der Waals surface area contributed by atoms with Crippen LogP contribution in [0.25, 0.3) is 0 Å². The number of nitrogens with zero attached hydrogens (tertiary/aromatic N) is 3. The molecule has 7 heteroatoms. The van der Waals surface area contributed by atoms with E-state index in [0.717, 1.165) is 30.4 Å². The van der Waals surface area contributed by atoms with Crippen molar-refractivity contribution in [1.29, 1.82) is 0 Å². The Kier molecular flexibility index (Phi) is 5.99. The maximum atomic E-state index is 12.4. The maximum Gasteiger partial charge on any atom is 0.265 e. The van der Waals surface area contributed by atoms with Crippen LogP contribution in [0, 0.1) is 6.92 Å². The molecule has 0 radical (unpaired) electrons. The van der Waals surface area contributed by atoms with Gasteiger partial charge >= 0.3 is 0 Å². The molecule has 0 aliphatic carbocycles. The Labute approximate surface area is 152 Å². The fourth-order valence-corrected chi connectivity index (χ4v) is 3.80. The van der Waals surface area contributed by atoms with Crippen molar-refractivity contribution in [2.45, 2.75) is 32.2 Å². The van der Waals surface area contributed by atoms with Gasteiger partial charge in [-0.15, -0.1) is 5.10 Å². The summed E-state index contributed by atoms with van der Waals surface area (Å²) >= 11 is 1.14. The Bertz CT molecular complexity index is 695. The third-order valence-electron chi connectivity index (χ3n) is 4.65. The molecule has 134 valence electrons. The van der Waals surface area contributed by atoms with Gasteiger partial charge < -0.3 is 10.1 Å². The highest BCUT2D eigenvalue weighted by Gasteiger charge is 2.24. The van der Waals surface area contributed by atoms with Gasteiger partial charge in [0.05, 0.1) is 18.8 Å². The second kappa shape index (κ2) is 8.40. The minimum absolute atomic E-state index is 0.0944. The summed E-state index contributed by atoms with van der Waals surface area (Å²) in [5.74, 6) is 0.750. The van der Waals surface area contributed by atoms with E-state index in [0.29, 0.717) is 17.1 Å². The number of carbonyl (C=O) groups excluding carboxylic acids is 1. The summed E-state index contributed by atoms with van der Waals surface area (Å²) < 4.78 is 9.10. The van der Waals surface area contributed by atoms with Crippen molar-refractivity contribution in [2.75, 3.05) is 26.7 Å². The third-order valence-corrected chi connectivity index (χ3v) is 5.47. The number of benzene rings is 1. The van der Waals surface area contributed by atoms with E-state index in [-0.39, 0.29) is 11.9 Å². The minimum Gasteiger partial charge on any atom is -0.497 e. The number of likely N-dealkylation sites (tertiary alicyclic amines) is 1. The van der Waals surface area contributed by atoms with E-state index in [4.69, 9.17) is 4.74 Å². The Balaban J connectivity index is 1.73. The highest BCUT2D eigenvalue weighted by Crippen LogP contribution is 2.26. The fraction of sp³-hybridized carbons (Fsp3) is 0.500. The Hall–Kier alpha value is -1.99. The van der Waals surface area contributed by atoms with E-state index in [1.54, 1.807) is 7.11 Å². The molecule has 1 fully saturated rings. The lowest BCUT2D eigenvalue weighted by molar-refractivity contribution is 0.0927. The molecular formula is C18H24N4O2S. The summed E-state index contributed by atoms with van der Waals surface area (Å²) in [4.78, 5) is 15.5. The fourth-order valence-electron chi connectivity index (χ4n) is 3.22. The van der Waals surface area contributed by atoms with Gasteiger partial charge in [0.1, 0.15) is 10.6 Å². The van der Waals surface area contributed by atoms with Gasteiger partial charge in [0, 0.05) is 6.54 Å². The Morgan fingerprint density at radius 3 is 2.60 bits per heavy atom. The zero-order valence-electron chi connectivity index (χ0n) is 14.7. The van der Waals surface area contributed by atoms with Crippen LogP contribution in [0.15, 0.2) is 24.3 Å². The first-order valence-corrected chi connectivity index (χ1v) is 9.41. The lowest BCUT2D eigenvalue weighted by atomic mass is 10.0. The van der Waals surface area contributed by atoms with E-state index in [2.05, 4.69) is 31.9 Å². The smallest absolute Gasteiger partial charge is 0.265 e. The Morgan fingerprint density at radius 2 is 2.00 bits per heavy atom. The lowest BCUT2D eigenvalue weighted by Gasteiger charge is -2.35. The predicted octanol–water partition coefficient (Wildman–Crippen LogP) is 2.81. The van der Waals surface area contributed by atoms with Crippen LogP contribution in [0.5, 0.6) is 5.75 Å². The topological polar surface area (TPSA) is 67.3 Å². The maximum absolute atomic E-state index is 12.4. The zero-order chi connectivity index (χ0) is 17.6. The van der Waals surface area contributed by atoms with Gasteiger partial charge in [-0.3, -0.25) is 9.69 Å². The van der Waals surface area contributed by atoms with Crippen molar-refractivity contribution in [1.82, 2.24) is 19.8 Å². The van der Waals surface area contributed by atoms with Gasteiger partial charge in [0.25, 0.3) is 5.91 Å². The van der Waals surface area contributed by atoms with E-state index < -0.39 is 0 Å². The quantitative estimate of drug-likeness (QED) is 0.858. The minimum atomic E-state index is -0.0944. The monoisotopic (exact) mass is 360 g/mol. The van der Waals surface area contributed by atoms with Crippen LogP contribution < -0.4 is 10.1 Å². The van der Waals surface area contributed by atoms with Crippen LogP contribution in [0.3, 0.4) is 0 Å². The van der Waals surface area contributed by atoms with Crippen LogP contribution in [0.1, 0.15) is 46.2 Å². The van der Waals surface area contributed by atoms with Crippen molar-refractivity contribution in [3.8, 4) is 5.75 Å². The van der Waals surface area contributed by atoms with E-state index in [1.807, 2.05) is 19.1 Å². The first-order valence-electron chi connectivity index (χ1n) is 8.64. The van der Waals surface area contributed by atoms with Crippen LogP contribution in [0.4, 0.5) is 0 Å². The number of hydrogen-bond donors (Lipinski definition) is 1. The number of carbonyl (C=O) groups is 1. The second-order valence-corrected chi connectivity index (χ2v) is 7.04. The summed E-state index contributed by atoms with van der Waals surface area (Å²) in [6.45, 7) is 4.51. The summed E-state index contributed by atoms with van der Waals surface area (Å²) in [7, 11) is 1.67. The molecule has 1 aliphatic rings. The van der Waals surface area contributed by atoms with Crippen LogP contribution in [0.2, 0.25) is 0 Å². The number of aryl methyl sites for hydroxylation is 1. The molecule has 0 saturated carbocycles. The van der Waals surface area contributed by atoms with Crippen LogP contribution in [-0.2, 0) is 0 Å². The molecule has 0 spiro atoms. The van der Waals surface area contributed by atoms with Crippen LogP contribution >= 0.6 is 11.5 Å². The summed E-state index contributed by atoms with van der Waals surface area (Å²) in [5.41, 5.74) is 1.88. The first kappa shape index (κ1) is 17.8. The molecule has 6 nitrogen and oxygen atoms in total. The summed E-state index contributed by atoms with van der Waals surface area (Å²) in [5, 5.41) is 6.98. The number of rotatable bonds is 6. The molecular weight excluding hydrogens is 336 g/mol. The number of amides is 1. The number of ether oxygens (including phenoxy) is 1. The molecule has 25 heavy (non-hydrogen) atoms. The van der Waals surface area contributed by atoms with Gasteiger partial charge in [-0.05, 0) is 62.1 Å². The number of methoxy groups -OCH3 is 1. The second-order valence-electron chi connectivity index (χ2n) is 6.28. The molecule has 3 rings (SSSR count). The first-order chi connectivity index (χ1) is 12.2. The SMILES string of the molecule is COc1ccc(C(CNC(=O)c2snnc2C)N2CCCCC2)cc1. The van der Waals surface area contributed by atoms with Gasteiger partial charge in [-0.25, -0.2) is 0 Å². The molecule has 2 aromatic rings. The molecule has 1 amide bonds. The average molecular weight is 360 g/mol. The molecule has 1 atom stereocenters. The van der Waals surface area contributed by atoms with Crippen molar-refractivity contribution < 1.29 is 9.53 Å². The number of piperidine rings is 1. The molecule has 1 aromatic heterocycles. The molecule has 1 aliphatic heterocycles. The number of hydrogen-bond acceptors (Lipinski definition) is 6. The van der Waals surface area contributed by atoms with Crippen molar-refractivity contribution >= 4 is 17.4 Å². The van der Waals surface area contributed by atoms with Gasteiger partial charge in [0.15, 0.2) is 0 Å². The third kappa shape index (κ3) is 4.35. The summed E-state index contributed by atoms with van der Waals surface area (Å²) in [6.07, 6.45) is 3.70. The molecule has 2 heterocycles. The van der Waals surface area contributed by atoms with Gasteiger partial charge in [-0.1, -0.05) is 23.0 Å². The van der Waals surface area contributed by atoms with Crippen molar-refractivity contribution in [2.24, 2.45) is 0 Å². The number of aromatic nitrogens is 2. The molecule has 1 unspecified atom stereocenters. The van der Waals surface area contributed by atoms with E-state index in [9.17, 15) is 4.79 Å². The van der Waals surface area contributed by atoms with Crippen molar-refractivity contribution in [3.63, 3.8) is 0 Å². The van der Waals surface area contributed by atoms with Gasteiger partial charge in [-0.2, -0.15) is 0 Å². The highest BCUT2D eigenvalue weighted by molar-refractivity contribution is 7.07.